The predicted molar refractivity (Wildman–Crippen MR) is 121 cm³/mol. The summed E-state index contributed by atoms with van der Waals surface area (Å²) in [5.74, 6) is 0. The third-order valence-electron chi connectivity index (χ3n) is 5.28. The minimum Gasteiger partial charge on any atom is -0.381 e. The standard InChI is InChI=1S/C26H29N/c1-6-10-22-16-25(20(5)23-11-8-9-12-24(22)23)19(4)17-27-26-15-18(3)13-14-21(26)7-2/h6,8-9,11-16,27H,1,4,7,10,17H2,2-3,5H3. The van der Waals surface area contributed by atoms with Gasteiger partial charge in [0.05, 0.1) is 0 Å². The summed E-state index contributed by atoms with van der Waals surface area (Å²) in [5, 5.41) is 6.23. The van der Waals surface area contributed by atoms with Crippen LogP contribution in [-0.2, 0) is 12.8 Å². The Balaban J connectivity index is 1.93. The fraction of sp³-hybridized carbons (Fsp3) is 0.231. The third kappa shape index (κ3) is 3.98. The van der Waals surface area contributed by atoms with Crippen molar-refractivity contribution in [3.63, 3.8) is 0 Å². The summed E-state index contributed by atoms with van der Waals surface area (Å²) in [6.45, 7) is 15.6. The van der Waals surface area contributed by atoms with Gasteiger partial charge in [-0.1, -0.05) is 62.0 Å². The number of anilines is 1. The molecule has 0 saturated carbocycles. The van der Waals surface area contributed by atoms with Gasteiger partial charge in [-0.25, -0.2) is 0 Å². The lowest BCUT2D eigenvalue weighted by Gasteiger charge is -2.18. The van der Waals surface area contributed by atoms with E-state index >= 15 is 0 Å². The van der Waals surface area contributed by atoms with E-state index < -0.39 is 0 Å². The maximum Gasteiger partial charge on any atom is 0.0401 e. The quantitative estimate of drug-likeness (QED) is 0.456. The molecule has 1 heteroatoms. The van der Waals surface area contributed by atoms with Crippen molar-refractivity contribution < 1.29 is 0 Å². The lowest BCUT2D eigenvalue weighted by Crippen LogP contribution is -2.07. The summed E-state index contributed by atoms with van der Waals surface area (Å²) in [4.78, 5) is 0. The van der Waals surface area contributed by atoms with E-state index in [1.807, 2.05) is 6.08 Å². The summed E-state index contributed by atoms with van der Waals surface area (Å²) < 4.78 is 0. The highest BCUT2D eigenvalue weighted by Gasteiger charge is 2.11. The van der Waals surface area contributed by atoms with Crippen molar-refractivity contribution in [1.29, 1.82) is 0 Å². The van der Waals surface area contributed by atoms with Gasteiger partial charge in [-0.3, -0.25) is 0 Å². The van der Waals surface area contributed by atoms with E-state index in [0.717, 1.165) is 25.0 Å². The zero-order valence-corrected chi connectivity index (χ0v) is 16.7. The fourth-order valence-electron chi connectivity index (χ4n) is 3.75. The molecule has 1 nitrogen and oxygen atoms in total. The average Bonchev–Trinajstić information content (AvgIpc) is 2.68. The highest BCUT2D eigenvalue weighted by molar-refractivity contribution is 5.93. The van der Waals surface area contributed by atoms with Crippen LogP contribution in [0.4, 0.5) is 5.69 Å². The largest absolute Gasteiger partial charge is 0.381 e. The minimum absolute atomic E-state index is 0.739. The van der Waals surface area contributed by atoms with Gasteiger partial charge in [0, 0.05) is 12.2 Å². The molecule has 0 spiro atoms. The van der Waals surface area contributed by atoms with E-state index in [1.165, 1.54) is 44.3 Å². The van der Waals surface area contributed by atoms with Crippen molar-refractivity contribution in [1.82, 2.24) is 0 Å². The number of hydrogen-bond acceptors (Lipinski definition) is 1. The first kappa shape index (κ1) is 19.0. The summed E-state index contributed by atoms with van der Waals surface area (Å²) in [7, 11) is 0. The van der Waals surface area contributed by atoms with Crippen LogP contribution in [0.3, 0.4) is 0 Å². The molecule has 0 amide bonds. The van der Waals surface area contributed by atoms with Crippen LogP contribution >= 0.6 is 0 Å². The Morgan fingerprint density at radius 1 is 1.00 bits per heavy atom. The van der Waals surface area contributed by atoms with Crippen molar-refractivity contribution >= 4 is 22.0 Å². The van der Waals surface area contributed by atoms with Crippen LogP contribution in [0.25, 0.3) is 16.3 Å². The van der Waals surface area contributed by atoms with Crippen LogP contribution in [0, 0.1) is 13.8 Å². The average molecular weight is 356 g/mol. The second kappa shape index (κ2) is 8.26. The van der Waals surface area contributed by atoms with Gasteiger partial charge in [-0.15, -0.1) is 6.58 Å². The minimum atomic E-state index is 0.739. The van der Waals surface area contributed by atoms with Crippen molar-refractivity contribution in [3.8, 4) is 0 Å². The van der Waals surface area contributed by atoms with Crippen LogP contribution < -0.4 is 5.32 Å². The van der Waals surface area contributed by atoms with Gasteiger partial charge in [0.25, 0.3) is 0 Å². The van der Waals surface area contributed by atoms with E-state index in [9.17, 15) is 0 Å². The van der Waals surface area contributed by atoms with Gasteiger partial charge in [-0.05, 0) is 76.9 Å². The Bertz CT molecular complexity index is 995. The van der Waals surface area contributed by atoms with Gasteiger partial charge in [0.1, 0.15) is 0 Å². The number of benzene rings is 3. The van der Waals surface area contributed by atoms with Crippen molar-refractivity contribution in [2.24, 2.45) is 0 Å². The van der Waals surface area contributed by atoms with Crippen molar-refractivity contribution in [2.45, 2.75) is 33.6 Å². The van der Waals surface area contributed by atoms with Crippen LogP contribution in [0.1, 0.15) is 34.7 Å². The molecule has 0 atom stereocenters. The Hall–Kier alpha value is -2.80. The number of allylic oxidation sites excluding steroid dienone is 1. The molecule has 0 saturated heterocycles. The topological polar surface area (TPSA) is 12.0 Å². The Morgan fingerprint density at radius 2 is 1.74 bits per heavy atom. The smallest absolute Gasteiger partial charge is 0.0401 e. The summed E-state index contributed by atoms with van der Waals surface area (Å²) in [5.41, 5.74) is 8.79. The van der Waals surface area contributed by atoms with E-state index in [-0.39, 0.29) is 0 Å². The molecule has 3 aromatic rings. The van der Waals surface area contributed by atoms with Gasteiger partial charge >= 0.3 is 0 Å². The highest BCUT2D eigenvalue weighted by Crippen LogP contribution is 2.30. The normalized spacial score (nSPS) is 10.8. The second-order valence-corrected chi connectivity index (χ2v) is 7.22. The first-order valence-corrected chi connectivity index (χ1v) is 9.68. The van der Waals surface area contributed by atoms with Crippen LogP contribution in [0.2, 0.25) is 0 Å². The zero-order valence-electron chi connectivity index (χ0n) is 16.7. The van der Waals surface area contributed by atoms with Gasteiger partial charge in [-0.2, -0.15) is 0 Å². The molecule has 0 aliphatic heterocycles. The molecular weight excluding hydrogens is 326 g/mol. The van der Waals surface area contributed by atoms with Crippen LogP contribution in [0.5, 0.6) is 0 Å². The zero-order chi connectivity index (χ0) is 19.4. The SMILES string of the molecule is C=CCc1cc(C(=C)CNc2cc(C)ccc2CC)c(C)c2ccccc12. The molecule has 0 fully saturated rings. The molecule has 138 valence electrons. The van der Waals surface area contributed by atoms with Crippen molar-refractivity contribution in [2.75, 3.05) is 11.9 Å². The molecule has 3 aromatic carbocycles. The second-order valence-electron chi connectivity index (χ2n) is 7.22. The first-order valence-electron chi connectivity index (χ1n) is 9.68. The predicted octanol–water partition coefficient (Wildman–Crippen LogP) is 6.87. The molecular formula is C26H29N. The van der Waals surface area contributed by atoms with Gasteiger partial charge in [0.2, 0.25) is 0 Å². The molecule has 0 aromatic heterocycles. The Kier molecular flexibility index (Phi) is 5.81. The number of rotatable bonds is 7. The van der Waals surface area contributed by atoms with E-state index in [4.69, 9.17) is 0 Å². The summed E-state index contributed by atoms with van der Waals surface area (Å²) >= 11 is 0. The number of nitrogens with one attached hydrogen (secondary N) is 1. The number of hydrogen-bond donors (Lipinski definition) is 1. The molecule has 3 rings (SSSR count). The third-order valence-corrected chi connectivity index (χ3v) is 5.28. The Morgan fingerprint density at radius 3 is 2.44 bits per heavy atom. The molecule has 0 radical (unpaired) electrons. The Labute approximate surface area is 163 Å². The molecule has 0 bridgehead atoms. The number of aryl methyl sites for hydroxylation is 3. The maximum absolute atomic E-state index is 4.40. The maximum atomic E-state index is 4.40. The molecule has 27 heavy (non-hydrogen) atoms. The van der Waals surface area contributed by atoms with E-state index in [0.29, 0.717) is 0 Å². The molecule has 0 aliphatic carbocycles. The first-order chi connectivity index (χ1) is 13.0. The molecule has 0 unspecified atom stereocenters. The lowest BCUT2D eigenvalue weighted by molar-refractivity contribution is 1.12. The molecule has 1 N–H and O–H groups in total. The van der Waals surface area contributed by atoms with E-state index in [2.05, 4.69) is 87.8 Å². The van der Waals surface area contributed by atoms with Crippen LogP contribution in [-0.4, -0.2) is 6.54 Å². The molecule has 0 heterocycles. The van der Waals surface area contributed by atoms with Gasteiger partial charge in [0.15, 0.2) is 0 Å². The fourth-order valence-corrected chi connectivity index (χ4v) is 3.75. The summed E-state index contributed by atoms with van der Waals surface area (Å²) in [6, 6.07) is 17.5. The number of fused-ring (bicyclic) bond motifs is 1. The van der Waals surface area contributed by atoms with E-state index in [1.54, 1.807) is 0 Å². The molecule has 0 aliphatic rings. The van der Waals surface area contributed by atoms with Gasteiger partial charge < -0.3 is 5.32 Å². The monoisotopic (exact) mass is 355 g/mol. The van der Waals surface area contributed by atoms with Crippen LogP contribution in [0.15, 0.2) is 67.8 Å². The lowest BCUT2D eigenvalue weighted by atomic mass is 9.91. The summed E-state index contributed by atoms with van der Waals surface area (Å²) in [6.07, 6.45) is 3.86. The highest BCUT2D eigenvalue weighted by atomic mass is 14.9. The van der Waals surface area contributed by atoms with Crippen molar-refractivity contribution in [3.05, 3.63) is 95.6 Å².